The maximum Gasteiger partial charge on any atom is 0.329 e. The largest absolute Gasteiger partial charge is 0.329 e. The van der Waals surface area contributed by atoms with Crippen LogP contribution in [-0.4, -0.2) is 17.5 Å². The molecule has 1 aromatic rings. The molecule has 0 saturated heterocycles. The summed E-state index contributed by atoms with van der Waals surface area (Å²) < 4.78 is 0. The van der Waals surface area contributed by atoms with Crippen LogP contribution in [0.5, 0.6) is 0 Å². The summed E-state index contributed by atoms with van der Waals surface area (Å²) in [7, 11) is 0. The van der Waals surface area contributed by atoms with Crippen LogP contribution >= 0.6 is 0 Å². The van der Waals surface area contributed by atoms with Gasteiger partial charge in [0.2, 0.25) is 0 Å². The Balaban J connectivity index is 1.86. The Bertz CT molecular complexity index is 591. The summed E-state index contributed by atoms with van der Waals surface area (Å²) in [5, 5.41) is 15.0. The molecule has 1 saturated carbocycles. The third-order valence-corrected chi connectivity index (χ3v) is 3.20. The second kappa shape index (κ2) is 7.20. The first-order valence-electron chi connectivity index (χ1n) is 6.81. The molecule has 1 aliphatic rings. The summed E-state index contributed by atoms with van der Waals surface area (Å²) in [6, 6.07) is 8.81. The van der Waals surface area contributed by atoms with Crippen LogP contribution in [-0.2, 0) is 16.0 Å². The quantitative estimate of drug-likeness (QED) is 0.653. The first-order chi connectivity index (χ1) is 10.2. The second-order valence-corrected chi connectivity index (χ2v) is 4.81. The van der Waals surface area contributed by atoms with Gasteiger partial charge in [0.05, 0.1) is 12.5 Å². The molecule has 108 valence electrons. The molecule has 2 N–H and O–H groups in total. The van der Waals surface area contributed by atoms with Gasteiger partial charge >= 0.3 is 11.8 Å². The maximum atomic E-state index is 11.7. The molecule has 6 heteroatoms. The molecule has 1 aliphatic carbocycles. The lowest BCUT2D eigenvalue weighted by molar-refractivity contribution is -0.136. The summed E-state index contributed by atoms with van der Waals surface area (Å²) in [6.45, 7) is 0. The van der Waals surface area contributed by atoms with E-state index in [2.05, 4.69) is 15.8 Å². The lowest BCUT2D eigenvalue weighted by Crippen LogP contribution is -2.32. The van der Waals surface area contributed by atoms with E-state index in [4.69, 9.17) is 5.26 Å². The summed E-state index contributed by atoms with van der Waals surface area (Å²) >= 11 is 0. The van der Waals surface area contributed by atoms with Crippen LogP contribution in [0.1, 0.15) is 31.2 Å². The molecule has 0 radical (unpaired) electrons. The SMILES string of the molecule is N#CCc1ccc(NC(=O)C(=O)NN=C2CCCC2)cc1. The van der Waals surface area contributed by atoms with Crippen molar-refractivity contribution in [2.45, 2.75) is 32.1 Å². The number of rotatable bonds is 3. The van der Waals surface area contributed by atoms with Gasteiger partial charge < -0.3 is 5.32 Å². The van der Waals surface area contributed by atoms with Gasteiger partial charge in [-0.05, 0) is 43.4 Å². The highest BCUT2D eigenvalue weighted by Gasteiger charge is 2.14. The Kier molecular flexibility index (Phi) is 5.04. The minimum absolute atomic E-state index is 0.312. The molecule has 0 aromatic heterocycles. The Morgan fingerprint density at radius 3 is 2.43 bits per heavy atom. The van der Waals surface area contributed by atoms with Crippen molar-refractivity contribution in [2.75, 3.05) is 5.32 Å². The highest BCUT2D eigenvalue weighted by molar-refractivity contribution is 6.39. The van der Waals surface area contributed by atoms with Crippen molar-refractivity contribution in [3.8, 4) is 6.07 Å². The van der Waals surface area contributed by atoms with Crippen molar-refractivity contribution < 1.29 is 9.59 Å². The zero-order chi connectivity index (χ0) is 15.1. The number of anilines is 1. The van der Waals surface area contributed by atoms with Crippen LogP contribution in [0.3, 0.4) is 0 Å². The van der Waals surface area contributed by atoms with E-state index < -0.39 is 11.8 Å². The first-order valence-corrected chi connectivity index (χ1v) is 6.81. The number of hydrazone groups is 1. The number of carbonyl (C=O) groups is 2. The zero-order valence-corrected chi connectivity index (χ0v) is 11.6. The lowest BCUT2D eigenvalue weighted by Gasteiger charge is -2.05. The Morgan fingerprint density at radius 1 is 1.14 bits per heavy atom. The minimum Gasteiger partial charge on any atom is -0.318 e. The number of benzene rings is 1. The topological polar surface area (TPSA) is 94.4 Å². The minimum atomic E-state index is -0.782. The summed E-state index contributed by atoms with van der Waals surface area (Å²) in [6.07, 6.45) is 4.22. The first kappa shape index (κ1) is 14.7. The van der Waals surface area contributed by atoms with Gasteiger partial charge in [-0.15, -0.1) is 0 Å². The summed E-state index contributed by atoms with van der Waals surface area (Å²) in [5.74, 6) is -1.54. The highest BCUT2D eigenvalue weighted by Crippen LogP contribution is 2.14. The number of nitrogens with one attached hydrogen (secondary N) is 2. The van der Waals surface area contributed by atoms with E-state index in [0.29, 0.717) is 12.1 Å². The van der Waals surface area contributed by atoms with Gasteiger partial charge in [0, 0.05) is 11.4 Å². The average molecular weight is 284 g/mol. The molecule has 0 unspecified atom stereocenters. The normalized spacial score (nSPS) is 13.4. The molecule has 2 rings (SSSR count). The van der Waals surface area contributed by atoms with E-state index in [-0.39, 0.29) is 0 Å². The standard InChI is InChI=1S/C15H16N4O2/c16-10-9-11-5-7-12(8-6-11)17-14(20)15(21)19-18-13-3-1-2-4-13/h5-8H,1-4,9H2,(H,17,20)(H,19,21). The summed E-state index contributed by atoms with van der Waals surface area (Å²) in [5.41, 5.74) is 4.56. The number of amides is 2. The van der Waals surface area contributed by atoms with Gasteiger partial charge in [0.25, 0.3) is 0 Å². The molecule has 0 aliphatic heterocycles. The molecule has 0 bridgehead atoms. The van der Waals surface area contributed by atoms with Crippen molar-refractivity contribution in [3.05, 3.63) is 29.8 Å². The van der Waals surface area contributed by atoms with Gasteiger partial charge in [0.1, 0.15) is 0 Å². The van der Waals surface area contributed by atoms with Gasteiger partial charge in [-0.25, -0.2) is 5.43 Å². The van der Waals surface area contributed by atoms with Crippen molar-refractivity contribution >= 4 is 23.2 Å². The van der Waals surface area contributed by atoms with Gasteiger partial charge in [-0.1, -0.05) is 12.1 Å². The zero-order valence-electron chi connectivity index (χ0n) is 11.6. The number of nitriles is 1. The van der Waals surface area contributed by atoms with Crippen molar-refractivity contribution in [3.63, 3.8) is 0 Å². The number of carbonyl (C=O) groups excluding carboxylic acids is 2. The highest BCUT2D eigenvalue weighted by atomic mass is 16.2. The Hall–Kier alpha value is -2.68. The second-order valence-electron chi connectivity index (χ2n) is 4.81. The fraction of sp³-hybridized carbons (Fsp3) is 0.333. The summed E-state index contributed by atoms with van der Waals surface area (Å²) in [4.78, 5) is 23.3. The third kappa shape index (κ3) is 4.42. The van der Waals surface area contributed by atoms with Crippen LogP contribution < -0.4 is 10.7 Å². The van der Waals surface area contributed by atoms with E-state index in [1.807, 2.05) is 6.07 Å². The van der Waals surface area contributed by atoms with Crippen LogP contribution in [0.25, 0.3) is 0 Å². The Labute approximate surface area is 122 Å². The molecule has 2 amide bonds. The molecule has 0 atom stereocenters. The van der Waals surface area contributed by atoms with E-state index in [9.17, 15) is 9.59 Å². The molecule has 21 heavy (non-hydrogen) atoms. The number of hydrogen-bond donors (Lipinski definition) is 2. The van der Waals surface area contributed by atoms with Crippen molar-refractivity contribution in [2.24, 2.45) is 5.10 Å². The molecule has 1 aromatic carbocycles. The van der Waals surface area contributed by atoms with E-state index in [1.165, 1.54) is 0 Å². The van der Waals surface area contributed by atoms with Gasteiger partial charge in [-0.3, -0.25) is 9.59 Å². The molecule has 1 fully saturated rings. The molecular weight excluding hydrogens is 268 g/mol. The van der Waals surface area contributed by atoms with Crippen molar-refractivity contribution in [1.82, 2.24) is 5.43 Å². The van der Waals surface area contributed by atoms with Crippen LogP contribution in [0.2, 0.25) is 0 Å². The van der Waals surface area contributed by atoms with E-state index >= 15 is 0 Å². The maximum absolute atomic E-state index is 11.7. The van der Waals surface area contributed by atoms with Crippen LogP contribution in [0.15, 0.2) is 29.4 Å². The van der Waals surface area contributed by atoms with Crippen LogP contribution in [0, 0.1) is 11.3 Å². The van der Waals surface area contributed by atoms with Crippen LogP contribution in [0.4, 0.5) is 5.69 Å². The smallest absolute Gasteiger partial charge is 0.318 e. The molecule has 0 heterocycles. The number of hydrogen-bond acceptors (Lipinski definition) is 4. The fourth-order valence-electron chi connectivity index (χ4n) is 2.06. The third-order valence-electron chi connectivity index (χ3n) is 3.20. The van der Waals surface area contributed by atoms with E-state index in [1.54, 1.807) is 24.3 Å². The monoisotopic (exact) mass is 284 g/mol. The predicted molar refractivity (Wildman–Crippen MR) is 78.4 cm³/mol. The van der Waals surface area contributed by atoms with Crippen molar-refractivity contribution in [1.29, 1.82) is 5.26 Å². The predicted octanol–water partition coefficient (Wildman–Crippen LogP) is 1.74. The molecule has 0 spiro atoms. The number of nitrogens with zero attached hydrogens (tertiary/aromatic N) is 2. The van der Waals surface area contributed by atoms with E-state index in [0.717, 1.165) is 37.0 Å². The Morgan fingerprint density at radius 2 is 1.81 bits per heavy atom. The average Bonchev–Trinajstić information content (AvgIpc) is 3.00. The van der Waals surface area contributed by atoms with Gasteiger partial charge in [-0.2, -0.15) is 10.4 Å². The molecule has 6 nitrogen and oxygen atoms in total. The lowest BCUT2D eigenvalue weighted by atomic mass is 10.1. The molecular formula is C15H16N4O2. The fourth-order valence-corrected chi connectivity index (χ4v) is 2.06. The van der Waals surface area contributed by atoms with Gasteiger partial charge in [0.15, 0.2) is 0 Å².